The zero-order chi connectivity index (χ0) is 30.8. The van der Waals surface area contributed by atoms with E-state index in [0.29, 0.717) is 12.8 Å². The molecule has 0 rings (SSSR count). The van der Waals surface area contributed by atoms with Gasteiger partial charge in [-0.05, 0) is 38.5 Å². The maximum atomic E-state index is 12.1. The van der Waals surface area contributed by atoms with E-state index < -0.39 is 6.10 Å². The van der Waals surface area contributed by atoms with Crippen molar-refractivity contribution in [3.63, 3.8) is 0 Å². The number of esters is 2. The molecule has 0 aliphatic carbocycles. The number of carbonyl (C=O) groups is 2. The van der Waals surface area contributed by atoms with Crippen molar-refractivity contribution < 1.29 is 24.2 Å². The molecule has 42 heavy (non-hydrogen) atoms. The summed E-state index contributed by atoms with van der Waals surface area (Å²) in [7, 11) is 0. The third-order valence-electron chi connectivity index (χ3n) is 8.06. The Bertz CT molecular complexity index is 603. The maximum absolute atomic E-state index is 12.1. The molecule has 0 radical (unpaired) electrons. The second kappa shape index (κ2) is 34.1. The summed E-state index contributed by atoms with van der Waals surface area (Å²) in [4.78, 5) is 24.1. The summed E-state index contributed by atoms with van der Waals surface area (Å²) in [5.41, 5.74) is 0. The van der Waals surface area contributed by atoms with E-state index in [-0.39, 0.29) is 25.2 Å². The Kier molecular flexibility index (Phi) is 33.0. The summed E-state index contributed by atoms with van der Waals surface area (Å²) >= 11 is 0. The summed E-state index contributed by atoms with van der Waals surface area (Å²) in [5, 5.41) is 9.52. The van der Waals surface area contributed by atoms with E-state index in [1.54, 1.807) is 0 Å². The molecule has 0 bridgehead atoms. The lowest BCUT2D eigenvalue weighted by Crippen LogP contribution is -2.28. The molecule has 0 aromatic heterocycles. The van der Waals surface area contributed by atoms with Crippen molar-refractivity contribution in [1.29, 1.82) is 0 Å². The summed E-state index contributed by atoms with van der Waals surface area (Å²) in [6, 6.07) is 0. The molecule has 0 heterocycles. The highest BCUT2D eigenvalue weighted by molar-refractivity contribution is 5.70. The van der Waals surface area contributed by atoms with Gasteiger partial charge in [0.2, 0.25) is 0 Å². The predicted octanol–water partition coefficient (Wildman–Crippen LogP) is 11.0. The maximum Gasteiger partial charge on any atom is 0.306 e. The van der Waals surface area contributed by atoms with Gasteiger partial charge in [-0.25, -0.2) is 0 Å². The quantitative estimate of drug-likeness (QED) is 0.0465. The molecular weight excluding hydrogens is 524 g/mol. The smallest absolute Gasteiger partial charge is 0.306 e. The van der Waals surface area contributed by atoms with Crippen LogP contribution in [0.3, 0.4) is 0 Å². The largest absolute Gasteiger partial charge is 0.462 e. The van der Waals surface area contributed by atoms with Gasteiger partial charge in [0.1, 0.15) is 6.61 Å². The van der Waals surface area contributed by atoms with Crippen molar-refractivity contribution in [2.24, 2.45) is 0 Å². The molecule has 248 valence electrons. The minimum absolute atomic E-state index is 0.0648. The lowest BCUT2D eigenvalue weighted by atomic mass is 10.0. The summed E-state index contributed by atoms with van der Waals surface area (Å²) in [6.07, 6.45) is 36.9. The topological polar surface area (TPSA) is 72.8 Å². The summed E-state index contributed by atoms with van der Waals surface area (Å²) < 4.78 is 10.6. The predicted molar refractivity (Wildman–Crippen MR) is 178 cm³/mol. The Morgan fingerprint density at radius 3 is 1.31 bits per heavy atom. The lowest BCUT2D eigenvalue weighted by molar-refractivity contribution is -0.161. The van der Waals surface area contributed by atoms with Gasteiger partial charge >= 0.3 is 11.9 Å². The molecular formula is C37H70O5. The summed E-state index contributed by atoms with van der Waals surface area (Å²) in [5.74, 6) is -0.593. The number of allylic oxidation sites excluding steroid dienone is 2. The zero-order valence-corrected chi connectivity index (χ0v) is 28.0. The highest BCUT2D eigenvalue weighted by Gasteiger charge is 2.16. The third kappa shape index (κ3) is 31.6. The fourth-order valence-corrected chi connectivity index (χ4v) is 5.25. The van der Waals surface area contributed by atoms with Gasteiger partial charge in [-0.1, -0.05) is 154 Å². The molecule has 1 N–H and O–H groups in total. The van der Waals surface area contributed by atoms with Gasteiger partial charge in [0, 0.05) is 12.8 Å². The number of hydrogen-bond donors (Lipinski definition) is 1. The Balaban J connectivity index is 3.54. The first kappa shape index (κ1) is 40.6. The van der Waals surface area contributed by atoms with E-state index in [1.165, 1.54) is 122 Å². The SMILES string of the molecule is CCCCCCC=CCCCCCCCC(=O)OCC(CO)OC(=O)CCCCCCCCCCCCCCCCC. The minimum atomic E-state index is -0.766. The average molecular weight is 595 g/mol. The molecule has 0 spiro atoms. The van der Waals surface area contributed by atoms with Crippen LogP contribution in [0.2, 0.25) is 0 Å². The van der Waals surface area contributed by atoms with E-state index >= 15 is 0 Å². The van der Waals surface area contributed by atoms with Crippen LogP contribution in [0.25, 0.3) is 0 Å². The lowest BCUT2D eigenvalue weighted by Gasteiger charge is -2.15. The van der Waals surface area contributed by atoms with Gasteiger partial charge in [0.15, 0.2) is 6.10 Å². The zero-order valence-electron chi connectivity index (χ0n) is 28.0. The first-order valence-electron chi connectivity index (χ1n) is 18.2. The van der Waals surface area contributed by atoms with Crippen LogP contribution in [0.15, 0.2) is 12.2 Å². The number of carbonyl (C=O) groups excluding carboxylic acids is 2. The van der Waals surface area contributed by atoms with Crippen molar-refractivity contribution in [2.45, 2.75) is 200 Å². The monoisotopic (exact) mass is 595 g/mol. The third-order valence-corrected chi connectivity index (χ3v) is 8.06. The van der Waals surface area contributed by atoms with Crippen LogP contribution >= 0.6 is 0 Å². The Morgan fingerprint density at radius 2 is 0.881 bits per heavy atom. The number of aliphatic hydroxyl groups is 1. The van der Waals surface area contributed by atoms with Crippen LogP contribution in [0.1, 0.15) is 194 Å². The number of unbranched alkanes of at least 4 members (excludes halogenated alkanes) is 23. The molecule has 0 saturated heterocycles. The number of hydrogen-bond acceptors (Lipinski definition) is 5. The van der Waals surface area contributed by atoms with E-state index in [0.717, 1.165) is 44.9 Å². The molecule has 0 amide bonds. The van der Waals surface area contributed by atoms with Gasteiger partial charge in [-0.15, -0.1) is 0 Å². The molecule has 1 unspecified atom stereocenters. The molecule has 0 aromatic rings. The highest BCUT2D eigenvalue weighted by atomic mass is 16.6. The van der Waals surface area contributed by atoms with Gasteiger partial charge < -0.3 is 14.6 Å². The van der Waals surface area contributed by atoms with E-state index in [1.807, 2.05) is 0 Å². The Hall–Kier alpha value is -1.36. The van der Waals surface area contributed by atoms with Crippen LogP contribution < -0.4 is 0 Å². The standard InChI is InChI=1S/C37H70O5/c1-3-5-7-9-11-13-15-17-18-20-22-24-26-28-30-32-37(40)42-35(33-38)34-41-36(39)31-29-27-25-23-21-19-16-14-12-10-8-6-4-2/h14,16,35,38H,3-13,15,17-34H2,1-2H3. The molecule has 0 fully saturated rings. The molecule has 1 atom stereocenters. The number of ether oxygens (including phenoxy) is 2. The van der Waals surface area contributed by atoms with Crippen molar-refractivity contribution >= 4 is 11.9 Å². The molecule has 0 aliphatic heterocycles. The van der Waals surface area contributed by atoms with Gasteiger partial charge in [-0.3, -0.25) is 9.59 Å². The van der Waals surface area contributed by atoms with Crippen molar-refractivity contribution in [3.8, 4) is 0 Å². The van der Waals surface area contributed by atoms with Gasteiger partial charge in [-0.2, -0.15) is 0 Å². The number of aliphatic hydroxyl groups excluding tert-OH is 1. The minimum Gasteiger partial charge on any atom is -0.462 e. The van der Waals surface area contributed by atoms with Crippen LogP contribution in [0.5, 0.6) is 0 Å². The Morgan fingerprint density at radius 1 is 0.524 bits per heavy atom. The molecule has 0 aliphatic rings. The van der Waals surface area contributed by atoms with Crippen molar-refractivity contribution in [3.05, 3.63) is 12.2 Å². The van der Waals surface area contributed by atoms with Crippen LogP contribution in [0.4, 0.5) is 0 Å². The van der Waals surface area contributed by atoms with Gasteiger partial charge in [0.25, 0.3) is 0 Å². The normalized spacial score (nSPS) is 12.2. The van der Waals surface area contributed by atoms with E-state index in [2.05, 4.69) is 26.0 Å². The first-order chi connectivity index (χ1) is 20.6. The van der Waals surface area contributed by atoms with Crippen LogP contribution in [-0.4, -0.2) is 36.4 Å². The molecule has 0 saturated carbocycles. The highest BCUT2D eigenvalue weighted by Crippen LogP contribution is 2.14. The van der Waals surface area contributed by atoms with E-state index in [9.17, 15) is 14.7 Å². The van der Waals surface area contributed by atoms with Crippen molar-refractivity contribution in [1.82, 2.24) is 0 Å². The fourth-order valence-electron chi connectivity index (χ4n) is 5.25. The first-order valence-corrected chi connectivity index (χ1v) is 18.2. The second-order valence-corrected chi connectivity index (χ2v) is 12.3. The molecule has 5 heteroatoms. The molecule has 0 aromatic carbocycles. The van der Waals surface area contributed by atoms with Crippen LogP contribution in [-0.2, 0) is 19.1 Å². The van der Waals surface area contributed by atoms with Crippen LogP contribution in [0, 0.1) is 0 Å². The van der Waals surface area contributed by atoms with Gasteiger partial charge in [0.05, 0.1) is 6.61 Å². The van der Waals surface area contributed by atoms with Crippen molar-refractivity contribution in [2.75, 3.05) is 13.2 Å². The second-order valence-electron chi connectivity index (χ2n) is 12.3. The Labute approximate surface area is 261 Å². The molecule has 5 nitrogen and oxygen atoms in total. The average Bonchev–Trinajstić information content (AvgIpc) is 2.99. The fraction of sp³-hybridized carbons (Fsp3) is 0.892. The summed E-state index contributed by atoms with van der Waals surface area (Å²) in [6.45, 7) is 4.12. The number of rotatable bonds is 33. The van der Waals surface area contributed by atoms with E-state index in [4.69, 9.17) is 9.47 Å².